The summed E-state index contributed by atoms with van der Waals surface area (Å²) in [5, 5.41) is 10.4. The van der Waals surface area contributed by atoms with Crippen LogP contribution in [-0.2, 0) is 9.53 Å². The molecule has 0 amide bonds. The van der Waals surface area contributed by atoms with Crippen LogP contribution in [0.25, 0.3) is 0 Å². The molecule has 0 atom stereocenters. The van der Waals surface area contributed by atoms with Crippen molar-refractivity contribution in [1.82, 2.24) is 0 Å². The van der Waals surface area contributed by atoms with E-state index in [0.29, 0.717) is 22.6 Å². The molecule has 1 rings (SSSR count). The first-order chi connectivity index (χ1) is 8.88. The van der Waals surface area contributed by atoms with Gasteiger partial charge in [0.1, 0.15) is 5.75 Å². The van der Waals surface area contributed by atoms with Crippen molar-refractivity contribution in [2.45, 2.75) is 33.1 Å². The summed E-state index contributed by atoms with van der Waals surface area (Å²) in [4.78, 5) is 23.1. The van der Waals surface area contributed by atoms with E-state index in [1.807, 2.05) is 0 Å². The van der Waals surface area contributed by atoms with Gasteiger partial charge in [-0.2, -0.15) is 0 Å². The number of methoxy groups -OCH3 is 1. The predicted octanol–water partition coefficient (Wildman–Crippen LogP) is 3.19. The third kappa shape index (κ3) is 3.70. The number of aromatic hydroxyl groups is 1. The Kier molecular flexibility index (Phi) is 5.36. The number of rotatable bonds is 5. The molecule has 104 valence electrons. The zero-order valence-corrected chi connectivity index (χ0v) is 12.0. The van der Waals surface area contributed by atoms with Crippen LogP contribution in [0.3, 0.4) is 0 Å². The smallest absolute Gasteiger partial charge is 0.305 e. The van der Waals surface area contributed by atoms with E-state index in [0.717, 1.165) is 0 Å². The minimum atomic E-state index is -0.351. The second-order valence-electron chi connectivity index (χ2n) is 4.38. The Labute approximate surface area is 117 Å². The lowest BCUT2D eigenvalue weighted by molar-refractivity contribution is -0.140. The molecule has 1 aromatic carbocycles. The van der Waals surface area contributed by atoms with Gasteiger partial charge in [0.2, 0.25) is 0 Å². The number of carbonyl (C=O) groups is 2. The molecule has 0 aliphatic rings. The number of ketones is 1. The minimum Gasteiger partial charge on any atom is -0.507 e. The molecule has 0 radical (unpaired) electrons. The number of hydrogen-bond donors (Lipinski definition) is 1. The van der Waals surface area contributed by atoms with Gasteiger partial charge >= 0.3 is 5.97 Å². The van der Waals surface area contributed by atoms with E-state index >= 15 is 0 Å². The molecule has 0 fully saturated rings. The number of ether oxygens (including phenoxy) is 1. The molecule has 0 saturated carbocycles. The van der Waals surface area contributed by atoms with Crippen LogP contribution in [0.5, 0.6) is 5.75 Å². The van der Waals surface area contributed by atoms with Crippen molar-refractivity contribution in [3.05, 3.63) is 27.8 Å². The first kappa shape index (κ1) is 15.5. The van der Waals surface area contributed by atoms with Gasteiger partial charge in [0.05, 0.1) is 12.7 Å². The van der Waals surface area contributed by atoms with Crippen LogP contribution in [0.2, 0.25) is 5.02 Å². The van der Waals surface area contributed by atoms with E-state index in [1.165, 1.54) is 7.11 Å². The van der Waals surface area contributed by atoms with Crippen LogP contribution >= 0.6 is 11.6 Å². The fourth-order valence-corrected chi connectivity index (χ4v) is 2.08. The normalized spacial score (nSPS) is 10.3. The second-order valence-corrected chi connectivity index (χ2v) is 4.78. The Morgan fingerprint density at radius 2 is 1.95 bits per heavy atom. The Hall–Kier alpha value is -1.55. The standard InChI is InChI=1S/C14H17ClO4/c1-8-7-10(15)9(2)13(14(8)18)11(16)5-4-6-12(17)19-3/h7,18H,4-6H2,1-3H3. The lowest BCUT2D eigenvalue weighted by Crippen LogP contribution is -2.06. The molecule has 0 unspecified atom stereocenters. The summed E-state index contributed by atoms with van der Waals surface area (Å²) in [6.07, 6.45) is 0.737. The monoisotopic (exact) mass is 284 g/mol. The molecule has 0 bridgehead atoms. The molecule has 0 aliphatic carbocycles. The van der Waals surface area contributed by atoms with E-state index < -0.39 is 0 Å². The van der Waals surface area contributed by atoms with Crippen molar-refractivity contribution in [1.29, 1.82) is 0 Å². The van der Waals surface area contributed by atoms with E-state index in [9.17, 15) is 14.7 Å². The Morgan fingerprint density at radius 3 is 2.53 bits per heavy atom. The number of halogens is 1. The van der Waals surface area contributed by atoms with Crippen LogP contribution in [0.15, 0.2) is 6.07 Å². The van der Waals surface area contributed by atoms with Gasteiger partial charge in [-0.3, -0.25) is 9.59 Å². The van der Waals surface area contributed by atoms with Crippen molar-refractivity contribution < 1.29 is 19.4 Å². The lowest BCUT2D eigenvalue weighted by Gasteiger charge is -2.11. The highest BCUT2D eigenvalue weighted by atomic mass is 35.5. The average Bonchev–Trinajstić information content (AvgIpc) is 2.36. The zero-order valence-electron chi connectivity index (χ0n) is 11.2. The molecule has 0 aromatic heterocycles. The first-order valence-corrected chi connectivity index (χ1v) is 6.35. The van der Waals surface area contributed by atoms with Crippen LogP contribution in [0.4, 0.5) is 0 Å². The van der Waals surface area contributed by atoms with Gasteiger partial charge in [-0.25, -0.2) is 0 Å². The molecule has 1 N–H and O–H groups in total. The molecule has 0 spiro atoms. The number of phenols is 1. The van der Waals surface area contributed by atoms with Gasteiger partial charge in [0.25, 0.3) is 0 Å². The topological polar surface area (TPSA) is 63.6 Å². The lowest BCUT2D eigenvalue weighted by atomic mass is 9.97. The largest absolute Gasteiger partial charge is 0.507 e. The summed E-state index contributed by atoms with van der Waals surface area (Å²) in [7, 11) is 1.31. The van der Waals surface area contributed by atoms with Crippen molar-refractivity contribution in [2.75, 3.05) is 7.11 Å². The third-order valence-corrected chi connectivity index (χ3v) is 3.37. The number of aryl methyl sites for hydroxylation is 1. The summed E-state index contributed by atoms with van der Waals surface area (Å²) >= 11 is 6.00. The predicted molar refractivity (Wildman–Crippen MR) is 72.8 cm³/mol. The summed E-state index contributed by atoms with van der Waals surface area (Å²) in [6.45, 7) is 3.38. The fourth-order valence-electron chi connectivity index (χ4n) is 1.82. The number of benzene rings is 1. The van der Waals surface area contributed by atoms with Crippen LogP contribution in [0, 0.1) is 13.8 Å². The maximum atomic E-state index is 12.1. The van der Waals surface area contributed by atoms with Gasteiger partial charge in [0, 0.05) is 17.9 Å². The Balaban J connectivity index is 2.85. The molecular weight excluding hydrogens is 268 g/mol. The van der Waals surface area contributed by atoms with Gasteiger partial charge in [0.15, 0.2) is 5.78 Å². The highest BCUT2D eigenvalue weighted by Crippen LogP contribution is 2.32. The van der Waals surface area contributed by atoms with Crippen LogP contribution in [0.1, 0.15) is 40.7 Å². The highest BCUT2D eigenvalue weighted by Gasteiger charge is 2.18. The van der Waals surface area contributed by atoms with Crippen molar-refractivity contribution in [2.24, 2.45) is 0 Å². The zero-order chi connectivity index (χ0) is 14.6. The Morgan fingerprint density at radius 1 is 1.32 bits per heavy atom. The Bertz CT molecular complexity index is 482. The SMILES string of the molecule is COC(=O)CCCC(=O)c1c(C)c(Cl)cc(C)c1O. The minimum absolute atomic E-state index is 0.0371. The van der Waals surface area contributed by atoms with E-state index in [2.05, 4.69) is 4.74 Å². The number of phenolic OH excluding ortho intramolecular Hbond substituents is 1. The molecule has 4 nitrogen and oxygen atoms in total. The van der Waals surface area contributed by atoms with Crippen LogP contribution < -0.4 is 0 Å². The van der Waals surface area contributed by atoms with E-state index in [1.54, 1.807) is 19.9 Å². The third-order valence-electron chi connectivity index (χ3n) is 2.98. The van der Waals surface area contributed by atoms with Crippen molar-refractivity contribution in [3.8, 4) is 5.75 Å². The average molecular weight is 285 g/mol. The summed E-state index contributed by atoms with van der Waals surface area (Å²) < 4.78 is 4.50. The van der Waals surface area contributed by atoms with E-state index in [4.69, 9.17) is 11.6 Å². The van der Waals surface area contributed by atoms with E-state index in [-0.39, 0.29) is 35.9 Å². The number of carbonyl (C=O) groups excluding carboxylic acids is 2. The van der Waals surface area contributed by atoms with Gasteiger partial charge in [-0.15, -0.1) is 0 Å². The van der Waals surface area contributed by atoms with Crippen LogP contribution in [-0.4, -0.2) is 24.0 Å². The molecule has 5 heteroatoms. The highest BCUT2D eigenvalue weighted by molar-refractivity contribution is 6.32. The molecule has 0 aliphatic heterocycles. The van der Waals surface area contributed by atoms with Gasteiger partial charge in [-0.1, -0.05) is 11.6 Å². The molecule has 1 aromatic rings. The van der Waals surface area contributed by atoms with Crippen molar-refractivity contribution >= 4 is 23.4 Å². The fraction of sp³-hybridized carbons (Fsp3) is 0.429. The number of hydrogen-bond acceptors (Lipinski definition) is 4. The first-order valence-electron chi connectivity index (χ1n) is 5.97. The maximum absolute atomic E-state index is 12.1. The number of esters is 1. The van der Waals surface area contributed by atoms with Gasteiger partial charge in [-0.05, 0) is 37.5 Å². The molecular formula is C14H17ClO4. The maximum Gasteiger partial charge on any atom is 0.305 e. The number of Topliss-reactive ketones (excluding diaryl/α,β-unsaturated/α-hetero) is 1. The summed E-state index contributed by atoms with van der Waals surface area (Å²) in [5.74, 6) is -0.606. The molecule has 19 heavy (non-hydrogen) atoms. The second kappa shape index (κ2) is 6.57. The molecule has 0 saturated heterocycles. The van der Waals surface area contributed by atoms with Gasteiger partial charge < -0.3 is 9.84 Å². The summed E-state index contributed by atoms with van der Waals surface area (Å²) in [6, 6.07) is 1.62. The molecule has 0 heterocycles. The summed E-state index contributed by atoms with van der Waals surface area (Å²) in [5.41, 5.74) is 1.37. The quantitative estimate of drug-likeness (QED) is 0.666. The van der Waals surface area contributed by atoms with Crippen molar-refractivity contribution in [3.63, 3.8) is 0 Å².